The number of hydrogen-bond donors (Lipinski definition) is 2. The van der Waals surface area contributed by atoms with Crippen molar-refractivity contribution in [2.24, 2.45) is 4.99 Å². The van der Waals surface area contributed by atoms with E-state index < -0.39 is 11.8 Å². The van der Waals surface area contributed by atoms with Gasteiger partial charge < -0.3 is 19.8 Å². The molecule has 8 heteroatoms. The molecule has 0 saturated carbocycles. The molecule has 33 heavy (non-hydrogen) atoms. The van der Waals surface area contributed by atoms with Crippen LogP contribution in [0.1, 0.15) is 27.2 Å². The van der Waals surface area contributed by atoms with Gasteiger partial charge >= 0.3 is 0 Å². The number of nitriles is 1. The normalized spacial score (nSPS) is 13.4. The van der Waals surface area contributed by atoms with Crippen LogP contribution in [-0.2, 0) is 11.2 Å². The molecular formula is C25H20N4O4. The summed E-state index contributed by atoms with van der Waals surface area (Å²) in [5.41, 5.74) is 2.32. The van der Waals surface area contributed by atoms with E-state index in [1.807, 2.05) is 30.3 Å². The Bertz CT molecular complexity index is 1280. The smallest absolute Gasteiger partial charge is 0.292 e. The molecule has 0 radical (unpaired) electrons. The fourth-order valence-electron chi connectivity index (χ4n) is 3.40. The van der Waals surface area contributed by atoms with Gasteiger partial charge in [0.05, 0.1) is 19.1 Å². The monoisotopic (exact) mass is 440 g/mol. The highest BCUT2D eigenvalue weighted by molar-refractivity contribution is 6.20. The van der Waals surface area contributed by atoms with Crippen LogP contribution in [0.3, 0.4) is 0 Å². The Kier molecular flexibility index (Phi) is 6.32. The number of furan rings is 1. The van der Waals surface area contributed by atoms with Gasteiger partial charge in [-0.25, -0.2) is 4.99 Å². The van der Waals surface area contributed by atoms with Crippen molar-refractivity contribution in [2.75, 3.05) is 13.7 Å². The number of hydrogen-bond acceptors (Lipinski definition) is 6. The molecule has 1 aliphatic rings. The summed E-state index contributed by atoms with van der Waals surface area (Å²) < 4.78 is 10.3. The van der Waals surface area contributed by atoms with Crippen LogP contribution in [0.15, 0.2) is 81.9 Å². The molecule has 2 heterocycles. The van der Waals surface area contributed by atoms with E-state index in [1.54, 1.807) is 37.4 Å². The van der Waals surface area contributed by atoms with Crippen molar-refractivity contribution in [3.05, 3.63) is 95.0 Å². The Balaban J connectivity index is 1.53. The number of carbonyl (C=O) groups is 2. The Labute approximate surface area is 190 Å². The van der Waals surface area contributed by atoms with Gasteiger partial charge in [0.15, 0.2) is 5.76 Å². The summed E-state index contributed by atoms with van der Waals surface area (Å²) in [5.74, 6) is 0.132. The minimum Gasteiger partial charge on any atom is -0.497 e. The summed E-state index contributed by atoms with van der Waals surface area (Å²) in [6, 6.07) is 19.7. The number of amidine groups is 1. The van der Waals surface area contributed by atoms with Gasteiger partial charge in [0.1, 0.15) is 23.2 Å². The molecule has 0 fully saturated rings. The molecule has 0 unspecified atom stereocenters. The molecule has 0 saturated heterocycles. The van der Waals surface area contributed by atoms with Crippen LogP contribution in [0.2, 0.25) is 0 Å². The van der Waals surface area contributed by atoms with Gasteiger partial charge in [-0.05, 0) is 36.2 Å². The van der Waals surface area contributed by atoms with Gasteiger partial charge in [-0.2, -0.15) is 5.26 Å². The lowest BCUT2D eigenvalue weighted by atomic mass is 10.0. The predicted octanol–water partition coefficient (Wildman–Crippen LogP) is 3.07. The van der Waals surface area contributed by atoms with Crippen LogP contribution in [0.4, 0.5) is 0 Å². The summed E-state index contributed by atoms with van der Waals surface area (Å²) >= 11 is 0. The van der Waals surface area contributed by atoms with E-state index in [0.29, 0.717) is 24.1 Å². The number of amides is 2. The zero-order valence-corrected chi connectivity index (χ0v) is 17.8. The topological polar surface area (TPSA) is 117 Å². The van der Waals surface area contributed by atoms with Crippen molar-refractivity contribution in [1.82, 2.24) is 10.6 Å². The predicted molar refractivity (Wildman–Crippen MR) is 121 cm³/mol. The molecule has 0 aliphatic carbocycles. The largest absolute Gasteiger partial charge is 0.497 e. The van der Waals surface area contributed by atoms with Crippen LogP contribution in [0.25, 0.3) is 5.70 Å². The first kappa shape index (κ1) is 21.6. The highest BCUT2D eigenvalue weighted by Gasteiger charge is 2.27. The summed E-state index contributed by atoms with van der Waals surface area (Å²) in [4.78, 5) is 29.6. The summed E-state index contributed by atoms with van der Waals surface area (Å²) in [6.07, 6.45) is 1.99. The minimum absolute atomic E-state index is 0.126. The standard InChI is InChI=1S/C25H20N4O4/c1-32-17-10-8-16(9-11-17)12-13-27-24(30)20(15-26)22-18-5-2-3-6-19(18)23(28-22)29-25(31)21-7-4-14-33-21/h2-11,14H,12-13H2,1H3,(H,27,30)(H,28,29,31). The van der Waals surface area contributed by atoms with E-state index in [0.717, 1.165) is 11.3 Å². The molecular weight excluding hydrogens is 420 g/mol. The fourth-order valence-corrected chi connectivity index (χ4v) is 3.40. The molecule has 8 nitrogen and oxygen atoms in total. The van der Waals surface area contributed by atoms with Crippen LogP contribution in [0, 0.1) is 11.3 Å². The molecule has 0 bridgehead atoms. The number of fused-ring (bicyclic) bond motifs is 1. The summed E-state index contributed by atoms with van der Waals surface area (Å²) in [5, 5.41) is 15.2. The number of nitrogens with one attached hydrogen (secondary N) is 2. The Morgan fingerprint density at radius 3 is 2.48 bits per heavy atom. The number of rotatable bonds is 6. The minimum atomic E-state index is -0.529. The van der Waals surface area contributed by atoms with E-state index in [9.17, 15) is 14.9 Å². The summed E-state index contributed by atoms with van der Waals surface area (Å²) in [6.45, 7) is 0.344. The van der Waals surface area contributed by atoms with Crippen molar-refractivity contribution >= 4 is 23.3 Å². The van der Waals surface area contributed by atoms with Gasteiger partial charge in [-0.3, -0.25) is 9.59 Å². The molecule has 1 aliphatic heterocycles. The summed E-state index contributed by atoms with van der Waals surface area (Å²) in [7, 11) is 1.60. The van der Waals surface area contributed by atoms with Crippen LogP contribution < -0.4 is 15.4 Å². The number of benzene rings is 2. The van der Waals surface area contributed by atoms with Crippen molar-refractivity contribution in [1.29, 1.82) is 5.26 Å². The van der Waals surface area contributed by atoms with Crippen LogP contribution >= 0.6 is 0 Å². The molecule has 1 aromatic heterocycles. The maximum absolute atomic E-state index is 12.8. The average Bonchev–Trinajstić information content (AvgIpc) is 3.50. The quantitative estimate of drug-likeness (QED) is 0.451. The average molecular weight is 440 g/mol. The van der Waals surface area contributed by atoms with Crippen LogP contribution in [0.5, 0.6) is 5.75 Å². The van der Waals surface area contributed by atoms with Gasteiger partial charge in [-0.15, -0.1) is 0 Å². The van der Waals surface area contributed by atoms with Gasteiger partial charge in [0.2, 0.25) is 0 Å². The zero-order valence-electron chi connectivity index (χ0n) is 17.8. The first-order valence-electron chi connectivity index (χ1n) is 10.2. The third-order valence-electron chi connectivity index (χ3n) is 5.07. The fraction of sp³-hybridized carbons (Fsp3) is 0.120. The molecule has 0 atom stereocenters. The maximum atomic E-state index is 12.8. The first-order chi connectivity index (χ1) is 16.1. The second kappa shape index (κ2) is 9.66. The highest BCUT2D eigenvalue weighted by atomic mass is 16.5. The Morgan fingerprint density at radius 1 is 1.06 bits per heavy atom. The molecule has 0 spiro atoms. The number of nitrogens with zero attached hydrogens (tertiary/aromatic N) is 2. The third-order valence-corrected chi connectivity index (χ3v) is 5.07. The van der Waals surface area contributed by atoms with Crippen molar-refractivity contribution < 1.29 is 18.7 Å². The van der Waals surface area contributed by atoms with Crippen molar-refractivity contribution in [2.45, 2.75) is 6.42 Å². The molecule has 2 amide bonds. The SMILES string of the molecule is COc1ccc(CCNC(=O)C(C#N)=C2N=C(NC(=O)c3ccco3)c3ccccc32)cc1. The number of aliphatic imine (C=N–C) groups is 1. The second-order valence-corrected chi connectivity index (χ2v) is 7.13. The van der Waals surface area contributed by atoms with Crippen molar-refractivity contribution in [3.8, 4) is 11.8 Å². The Hall–Kier alpha value is -4.64. The molecule has 2 aromatic carbocycles. The van der Waals surface area contributed by atoms with Gasteiger partial charge in [-0.1, -0.05) is 36.4 Å². The van der Waals surface area contributed by atoms with E-state index in [-0.39, 0.29) is 22.9 Å². The molecule has 3 aromatic rings. The number of methoxy groups -OCH3 is 1. The number of ether oxygens (including phenoxy) is 1. The van der Waals surface area contributed by atoms with Crippen LogP contribution in [-0.4, -0.2) is 31.3 Å². The molecule has 2 N–H and O–H groups in total. The van der Waals surface area contributed by atoms with Crippen molar-refractivity contribution in [3.63, 3.8) is 0 Å². The zero-order chi connectivity index (χ0) is 23.2. The second-order valence-electron chi connectivity index (χ2n) is 7.13. The lowest BCUT2D eigenvalue weighted by molar-refractivity contribution is -0.117. The molecule has 164 valence electrons. The van der Waals surface area contributed by atoms with Gasteiger partial charge in [0, 0.05) is 17.7 Å². The van der Waals surface area contributed by atoms with E-state index in [4.69, 9.17) is 9.15 Å². The third kappa shape index (κ3) is 4.67. The number of carbonyl (C=O) groups excluding carboxylic acids is 2. The lowest BCUT2D eigenvalue weighted by Gasteiger charge is -2.07. The van der Waals surface area contributed by atoms with E-state index >= 15 is 0 Å². The van der Waals surface area contributed by atoms with E-state index in [1.165, 1.54) is 12.3 Å². The lowest BCUT2D eigenvalue weighted by Crippen LogP contribution is -2.30. The Morgan fingerprint density at radius 2 is 1.82 bits per heavy atom. The highest BCUT2D eigenvalue weighted by Crippen LogP contribution is 2.30. The van der Waals surface area contributed by atoms with Gasteiger partial charge in [0.25, 0.3) is 11.8 Å². The first-order valence-corrected chi connectivity index (χ1v) is 10.2. The maximum Gasteiger partial charge on any atom is 0.292 e. The van der Waals surface area contributed by atoms with E-state index in [2.05, 4.69) is 15.6 Å². The molecule has 4 rings (SSSR count).